The van der Waals surface area contributed by atoms with Gasteiger partial charge in [-0.15, -0.1) is 0 Å². The fraction of sp³-hybridized carbons (Fsp3) is 1.00. The molecule has 0 aliphatic carbocycles. The lowest BCUT2D eigenvalue weighted by Gasteiger charge is -2.31. The van der Waals surface area contributed by atoms with E-state index >= 15 is 0 Å². The second-order valence-electron chi connectivity index (χ2n) is 7.42. The highest BCUT2D eigenvalue weighted by Gasteiger charge is 2.26. The van der Waals surface area contributed by atoms with Gasteiger partial charge in [-0.05, 0) is 45.7 Å². The van der Waals surface area contributed by atoms with E-state index in [9.17, 15) is 0 Å². The smallest absolute Gasteiger partial charge is 0.186 e. The van der Waals surface area contributed by atoms with Gasteiger partial charge in [0.05, 0.1) is 22.7 Å². The Labute approximate surface area is 128 Å². The molecule has 1 atom stereocenters. The third kappa shape index (κ3) is 11.2. The standard InChI is InChI=1S/C13H32O4Si3/c1-19(2,3)16-13(17-20(4,5)6)18-9-7-8-14-10-12-11-15-12/h12-13H,7-11,18H2,1-6H3/t12-/m1/s1. The van der Waals surface area contributed by atoms with Gasteiger partial charge in [0.15, 0.2) is 16.6 Å². The molecule has 1 fully saturated rings. The Kier molecular flexibility index (Phi) is 7.61. The molecule has 7 heteroatoms. The van der Waals surface area contributed by atoms with Crippen LogP contribution in [0, 0.1) is 0 Å². The molecular weight excluding hydrogens is 304 g/mol. The van der Waals surface area contributed by atoms with Crippen LogP contribution in [0.3, 0.4) is 0 Å². The molecule has 120 valence electrons. The van der Waals surface area contributed by atoms with Crippen molar-refractivity contribution in [2.45, 2.75) is 63.8 Å². The highest BCUT2D eigenvalue weighted by atomic mass is 28.4. The van der Waals surface area contributed by atoms with Crippen LogP contribution in [0.2, 0.25) is 45.3 Å². The van der Waals surface area contributed by atoms with Gasteiger partial charge in [-0.2, -0.15) is 0 Å². The van der Waals surface area contributed by atoms with Gasteiger partial charge in [-0.3, -0.25) is 0 Å². The van der Waals surface area contributed by atoms with E-state index < -0.39 is 16.6 Å². The van der Waals surface area contributed by atoms with Crippen molar-refractivity contribution in [3.05, 3.63) is 0 Å². The molecule has 0 bridgehead atoms. The van der Waals surface area contributed by atoms with Gasteiger partial charge in [0.2, 0.25) is 0 Å². The van der Waals surface area contributed by atoms with Gasteiger partial charge >= 0.3 is 0 Å². The zero-order valence-electron chi connectivity index (χ0n) is 14.0. The van der Waals surface area contributed by atoms with Crippen molar-refractivity contribution in [1.29, 1.82) is 0 Å². The van der Waals surface area contributed by atoms with E-state index in [4.69, 9.17) is 18.3 Å². The zero-order chi connectivity index (χ0) is 15.2. The van der Waals surface area contributed by atoms with Gasteiger partial charge in [0.1, 0.15) is 12.0 Å². The lowest BCUT2D eigenvalue weighted by molar-refractivity contribution is 0.0599. The summed E-state index contributed by atoms with van der Waals surface area (Å²) in [6.45, 7) is 15.9. The van der Waals surface area contributed by atoms with Crippen LogP contribution in [0.1, 0.15) is 6.42 Å². The minimum Gasteiger partial charge on any atom is -0.398 e. The number of rotatable bonds is 11. The summed E-state index contributed by atoms with van der Waals surface area (Å²) in [5.41, 5.74) is 0. The molecule has 0 aromatic heterocycles. The summed E-state index contributed by atoms with van der Waals surface area (Å²) in [5, 5.41) is 0. The lowest BCUT2D eigenvalue weighted by Crippen LogP contribution is -2.43. The molecule has 0 radical (unpaired) electrons. The summed E-state index contributed by atoms with van der Waals surface area (Å²) in [7, 11) is -3.39. The number of epoxide rings is 1. The van der Waals surface area contributed by atoms with E-state index in [1.165, 1.54) is 6.04 Å². The molecule has 0 unspecified atom stereocenters. The van der Waals surface area contributed by atoms with Crippen molar-refractivity contribution in [3.8, 4) is 0 Å². The number of hydrogen-bond donors (Lipinski definition) is 0. The minimum absolute atomic E-state index is 0.111. The van der Waals surface area contributed by atoms with Gasteiger partial charge < -0.3 is 18.3 Å². The quantitative estimate of drug-likeness (QED) is 0.251. The molecule has 0 aromatic carbocycles. The van der Waals surface area contributed by atoms with E-state index in [-0.39, 0.29) is 15.4 Å². The van der Waals surface area contributed by atoms with Crippen LogP contribution in [0.25, 0.3) is 0 Å². The van der Waals surface area contributed by atoms with E-state index in [0.29, 0.717) is 6.10 Å². The van der Waals surface area contributed by atoms with Crippen LogP contribution in [0.5, 0.6) is 0 Å². The Balaban J connectivity index is 2.17. The Morgan fingerprint density at radius 3 is 2.10 bits per heavy atom. The maximum absolute atomic E-state index is 6.22. The lowest BCUT2D eigenvalue weighted by atomic mass is 10.5. The first-order valence-electron chi connectivity index (χ1n) is 7.71. The summed E-state index contributed by atoms with van der Waals surface area (Å²) in [5.74, 6) is 0.111. The third-order valence-corrected chi connectivity index (χ3v) is 6.97. The number of hydrogen-bond acceptors (Lipinski definition) is 4. The third-order valence-electron chi connectivity index (χ3n) is 2.65. The van der Waals surface area contributed by atoms with Crippen molar-refractivity contribution in [1.82, 2.24) is 0 Å². The molecular formula is C13H32O4Si3. The van der Waals surface area contributed by atoms with E-state index in [1.807, 2.05) is 0 Å². The minimum atomic E-state index is -1.52. The second kappa shape index (κ2) is 8.21. The molecule has 1 aliphatic heterocycles. The average Bonchev–Trinajstić information content (AvgIpc) is 3.01. The van der Waals surface area contributed by atoms with Crippen LogP contribution in [-0.4, -0.2) is 58.0 Å². The maximum Gasteiger partial charge on any atom is 0.186 e. The molecule has 1 heterocycles. The molecule has 0 amide bonds. The topological polar surface area (TPSA) is 40.2 Å². The molecule has 20 heavy (non-hydrogen) atoms. The largest absolute Gasteiger partial charge is 0.398 e. The number of ether oxygens (including phenoxy) is 2. The van der Waals surface area contributed by atoms with Crippen LogP contribution >= 0.6 is 0 Å². The van der Waals surface area contributed by atoms with Crippen molar-refractivity contribution in [2.24, 2.45) is 0 Å². The van der Waals surface area contributed by atoms with Crippen LogP contribution in [0.4, 0.5) is 0 Å². The summed E-state index contributed by atoms with van der Waals surface area (Å²) in [4.78, 5) is 0. The highest BCUT2D eigenvalue weighted by Crippen LogP contribution is 2.15. The first-order chi connectivity index (χ1) is 9.16. The van der Waals surface area contributed by atoms with Crippen molar-refractivity contribution in [2.75, 3.05) is 19.8 Å². The highest BCUT2D eigenvalue weighted by molar-refractivity contribution is 6.71. The Bertz CT molecular complexity index is 256. The van der Waals surface area contributed by atoms with Crippen molar-refractivity contribution >= 4 is 26.2 Å². The predicted molar refractivity (Wildman–Crippen MR) is 91.2 cm³/mol. The molecule has 0 spiro atoms. The molecule has 0 N–H and O–H groups in total. The Hall–Kier alpha value is 0.491. The van der Waals surface area contributed by atoms with E-state index in [0.717, 1.165) is 26.2 Å². The van der Waals surface area contributed by atoms with Gasteiger partial charge in [0, 0.05) is 6.61 Å². The van der Waals surface area contributed by atoms with Gasteiger partial charge in [0.25, 0.3) is 0 Å². The van der Waals surface area contributed by atoms with Crippen molar-refractivity contribution < 1.29 is 18.3 Å². The van der Waals surface area contributed by atoms with Crippen LogP contribution in [0.15, 0.2) is 0 Å². The SMILES string of the molecule is C[Si](C)(C)OC(O[Si](C)(C)C)[SiH2]CCCOC[C@@H]1CO1. The normalized spacial score (nSPS) is 20.2. The zero-order valence-corrected chi connectivity index (χ0v) is 17.4. The van der Waals surface area contributed by atoms with E-state index in [2.05, 4.69) is 39.3 Å². The Morgan fingerprint density at radius 1 is 1.10 bits per heavy atom. The van der Waals surface area contributed by atoms with Gasteiger partial charge in [-0.25, -0.2) is 0 Å². The van der Waals surface area contributed by atoms with Crippen LogP contribution in [-0.2, 0) is 18.3 Å². The first kappa shape index (κ1) is 18.5. The molecule has 0 aromatic rings. The van der Waals surface area contributed by atoms with Crippen LogP contribution < -0.4 is 0 Å². The Morgan fingerprint density at radius 2 is 1.65 bits per heavy atom. The summed E-state index contributed by atoms with van der Waals surface area (Å²) < 4.78 is 23.1. The molecule has 1 rings (SSSR count). The van der Waals surface area contributed by atoms with Crippen molar-refractivity contribution in [3.63, 3.8) is 0 Å². The monoisotopic (exact) mass is 336 g/mol. The molecule has 1 aliphatic rings. The molecule has 4 nitrogen and oxygen atoms in total. The molecule has 1 saturated heterocycles. The summed E-state index contributed by atoms with van der Waals surface area (Å²) in [6.07, 6.45) is 1.50. The summed E-state index contributed by atoms with van der Waals surface area (Å²) in [6, 6.07) is 1.23. The molecule has 0 saturated carbocycles. The average molecular weight is 337 g/mol. The fourth-order valence-electron chi connectivity index (χ4n) is 1.82. The first-order valence-corrected chi connectivity index (χ1v) is 16.3. The van der Waals surface area contributed by atoms with Gasteiger partial charge in [-0.1, -0.05) is 6.04 Å². The fourth-order valence-corrected chi connectivity index (χ4v) is 8.36. The van der Waals surface area contributed by atoms with E-state index in [1.54, 1.807) is 0 Å². The maximum atomic E-state index is 6.22. The summed E-state index contributed by atoms with van der Waals surface area (Å²) >= 11 is 0. The second-order valence-corrected chi connectivity index (χ2v) is 18.3. The predicted octanol–water partition coefficient (Wildman–Crippen LogP) is 2.37.